The smallest absolute Gasteiger partial charge is 0.239 e. The van der Waals surface area contributed by atoms with E-state index in [1.54, 1.807) is 0 Å². The molecule has 2 rings (SSSR count). The fourth-order valence-corrected chi connectivity index (χ4v) is 2.67. The first-order valence-electron chi connectivity index (χ1n) is 6.38. The SMILES string of the molecule is NC1CCCCCC1Oc1ccc(S(N)(=O)=O)cn1. The fraction of sp³-hybridized carbons (Fsp3) is 0.583. The Morgan fingerprint density at radius 1 is 1.21 bits per heavy atom. The Hall–Kier alpha value is -1.18. The molecule has 1 aliphatic carbocycles. The van der Waals surface area contributed by atoms with Gasteiger partial charge in [0.1, 0.15) is 11.0 Å². The van der Waals surface area contributed by atoms with Crippen LogP contribution in [0.15, 0.2) is 23.2 Å². The average Bonchev–Trinajstić information content (AvgIpc) is 2.55. The summed E-state index contributed by atoms with van der Waals surface area (Å²) in [4.78, 5) is 3.94. The van der Waals surface area contributed by atoms with Crippen molar-refractivity contribution >= 4 is 10.0 Å². The van der Waals surface area contributed by atoms with Crippen LogP contribution in [0.3, 0.4) is 0 Å². The van der Waals surface area contributed by atoms with Crippen molar-refractivity contribution in [3.05, 3.63) is 18.3 Å². The van der Waals surface area contributed by atoms with E-state index in [1.807, 2.05) is 0 Å². The molecule has 1 aromatic heterocycles. The minimum atomic E-state index is -3.71. The molecule has 7 heteroatoms. The van der Waals surface area contributed by atoms with Crippen LogP contribution in [0.5, 0.6) is 5.88 Å². The molecular formula is C12H19N3O3S. The molecule has 1 aromatic rings. The van der Waals surface area contributed by atoms with Crippen LogP contribution < -0.4 is 15.6 Å². The molecule has 106 valence electrons. The summed E-state index contributed by atoms with van der Waals surface area (Å²) in [6.07, 6.45) is 6.38. The number of rotatable bonds is 3. The molecule has 2 unspecified atom stereocenters. The van der Waals surface area contributed by atoms with Crippen molar-refractivity contribution in [2.75, 3.05) is 0 Å². The second-order valence-corrected chi connectivity index (χ2v) is 6.40. The van der Waals surface area contributed by atoms with Crippen LogP contribution in [-0.2, 0) is 10.0 Å². The molecule has 1 fully saturated rings. The van der Waals surface area contributed by atoms with Crippen molar-refractivity contribution in [1.82, 2.24) is 4.98 Å². The molecular weight excluding hydrogens is 266 g/mol. The lowest BCUT2D eigenvalue weighted by molar-refractivity contribution is 0.156. The number of nitrogens with two attached hydrogens (primary N) is 2. The topological polar surface area (TPSA) is 108 Å². The van der Waals surface area contributed by atoms with E-state index in [2.05, 4.69) is 4.98 Å². The number of aromatic nitrogens is 1. The van der Waals surface area contributed by atoms with Gasteiger partial charge in [-0.2, -0.15) is 0 Å². The minimum Gasteiger partial charge on any atom is -0.473 e. The second-order valence-electron chi connectivity index (χ2n) is 4.84. The van der Waals surface area contributed by atoms with Crippen molar-refractivity contribution in [3.63, 3.8) is 0 Å². The average molecular weight is 285 g/mol. The monoisotopic (exact) mass is 285 g/mol. The second kappa shape index (κ2) is 5.85. The fourth-order valence-electron chi connectivity index (χ4n) is 2.21. The van der Waals surface area contributed by atoms with Gasteiger partial charge in [0.2, 0.25) is 15.9 Å². The van der Waals surface area contributed by atoms with E-state index in [9.17, 15) is 8.42 Å². The summed E-state index contributed by atoms with van der Waals surface area (Å²) in [5.74, 6) is 0.384. The van der Waals surface area contributed by atoms with E-state index < -0.39 is 10.0 Å². The number of primary sulfonamides is 1. The van der Waals surface area contributed by atoms with Gasteiger partial charge in [-0.3, -0.25) is 0 Å². The first kappa shape index (κ1) is 14.2. The van der Waals surface area contributed by atoms with Gasteiger partial charge in [0.25, 0.3) is 0 Å². The zero-order valence-corrected chi connectivity index (χ0v) is 11.5. The summed E-state index contributed by atoms with van der Waals surface area (Å²) in [5.41, 5.74) is 6.06. The summed E-state index contributed by atoms with van der Waals surface area (Å²) in [5, 5.41) is 5.01. The number of hydrogen-bond acceptors (Lipinski definition) is 5. The maximum Gasteiger partial charge on any atom is 0.239 e. The van der Waals surface area contributed by atoms with E-state index in [0.717, 1.165) is 25.7 Å². The summed E-state index contributed by atoms with van der Waals surface area (Å²) in [7, 11) is -3.71. The highest BCUT2D eigenvalue weighted by atomic mass is 32.2. The van der Waals surface area contributed by atoms with Gasteiger partial charge >= 0.3 is 0 Å². The highest BCUT2D eigenvalue weighted by Crippen LogP contribution is 2.21. The van der Waals surface area contributed by atoms with Crippen LogP contribution in [-0.4, -0.2) is 25.5 Å². The molecule has 0 saturated heterocycles. The largest absolute Gasteiger partial charge is 0.473 e. The third-order valence-electron chi connectivity index (χ3n) is 3.31. The van der Waals surface area contributed by atoms with Gasteiger partial charge in [-0.25, -0.2) is 18.5 Å². The molecule has 1 saturated carbocycles. The van der Waals surface area contributed by atoms with Crippen molar-refractivity contribution in [2.45, 2.75) is 49.1 Å². The first-order chi connectivity index (χ1) is 8.97. The molecule has 6 nitrogen and oxygen atoms in total. The van der Waals surface area contributed by atoms with E-state index in [0.29, 0.717) is 5.88 Å². The van der Waals surface area contributed by atoms with Crippen LogP contribution in [0.2, 0.25) is 0 Å². The molecule has 1 heterocycles. The Morgan fingerprint density at radius 3 is 2.58 bits per heavy atom. The van der Waals surface area contributed by atoms with Crippen molar-refractivity contribution in [2.24, 2.45) is 10.9 Å². The van der Waals surface area contributed by atoms with E-state index in [4.69, 9.17) is 15.6 Å². The highest BCUT2D eigenvalue weighted by Gasteiger charge is 2.22. The molecule has 0 bridgehead atoms. The predicted octanol–water partition coefficient (Wildman–Crippen LogP) is 0.768. The Bertz CT molecular complexity index is 516. The number of nitrogens with zero attached hydrogens (tertiary/aromatic N) is 1. The van der Waals surface area contributed by atoms with Crippen LogP contribution >= 0.6 is 0 Å². The van der Waals surface area contributed by atoms with Gasteiger partial charge in [0.05, 0.1) is 6.20 Å². The van der Waals surface area contributed by atoms with Gasteiger partial charge in [0.15, 0.2) is 0 Å². The Kier molecular flexibility index (Phi) is 4.38. The Balaban J connectivity index is 2.06. The molecule has 1 aliphatic rings. The van der Waals surface area contributed by atoms with Crippen LogP contribution in [0.1, 0.15) is 32.1 Å². The van der Waals surface area contributed by atoms with Crippen LogP contribution in [0.25, 0.3) is 0 Å². The highest BCUT2D eigenvalue weighted by molar-refractivity contribution is 7.89. The molecule has 2 atom stereocenters. The number of sulfonamides is 1. The molecule has 19 heavy (non-hydrogen) atoms. The van der Waals surface area contributed by atoms with Crippen LogP contribution in [0, 0.1) is 0 Å². The quantitative estimate of drug-likeness (QED) is 0.797. The van der Waals surface area contributed by atoms with Gasteiger partial charge < -0.3 is 10.5 Å². The lowest BCUT2D eigenvalue weighted by atomic mass is 10.1. The molecule has 0 aromatic carbocycles. The van der Waals surface area contributed by atoms with Gasteiger partial charge in [0, 0.05) is 12.1 Å². The zero-order valence-electron chi connectivity index (χ0n) is 10.7. The van der Waals surface area contributed by atoms with Crippen LogP contribution in [0.4, 0.5) is 0 Å². The lowest BCUT2D eigenvalue weighted by Gasteiger charge is -2.22. The Labute approximate surface area is 113 Å². The van der Waals surface area contributed by atoms with Gasteiger partial charge in [-0.1, -0.05) is 12.8 Å². The number of hydrogen-bond donors (Lipinski definition) is 2. The predicted molar refractivity (Wildman–Crippen MR) is 71.1 cm³/mol. The summed E-state index contributed by atoms with van der Waals surface area (Å²) >= 11 is 0. The molecule has 0 amide bonds. The summed E-state index contributed by atoms with van der Waals surface area (Å²) < 4.78 is 28.0. The number of pyridine rings is 1. The maximum absolute atomic E-state index is 11.1. The minimum absolute atomic E-state index is 0.00205. The van der Waals surface area contributed by atoms with E-state index in [1.165, 1.54) is 24.8 Å². The molecule has 0 radical (unpaired) electrons. The molecule has 0 spiro atoms. The summed E-state index contributed by atoms with van der Waals surface area (Å²) in [6, 6.07) is 2.90. The van der Waals surface area contributed by atoms with E-state index in [-0.39, 0.29) is 17.0 Å². The van der Waals surface area contributed by atoms with Gasteiger partial charge in [-0.05, 0) is 25.3 Å². The zero-order chi connectivity index (χ0) is 13.9. The van der Waals surface area contributed by atoms with E-state index >= 15 is 0 Å². The maximum atomic E-state index is 11.1. The third-order valence-corrected chi connectivity index (χ3v) is 4.21. The van der Waals surface area contributed by atoms with Crippen molar-refractivity contribution in [3.8, 4) is 5.88 Å². The molecule has 4 N–H and O–H groups in total. The lowest BCUT2D eigenvalue weighted by Crippen LogP contribution is -2.38. The van der Waals surface area contributed by atoms with Crippen molar-refractivity contribution in [1.29, 1.82) is 0 Å². The normalized spacial score (nSPS) is 24.7. The standard InChI is InChI=1S/C12H19N3O3S/c13-10-4-2-1-3-5-11(10)18-12-7-6-9(8-15-12)19(14,16)17/h6-8,10-11H,1-5,13H2,(H2,14,16,17). The number of ether oxygens (including phenoxy) is 1. The first-order valence-corrected chi connectivity index (χ1v) is 7.92. The Morgan fingerprint density at radius 2 is 1.95 bits per heavy atom. The third kappa shape index (κ3) is 3.89. The molecule has 0 aliphatic heterocycles. The van der Waals surface area contributed by atoms with Crippen molar-refractivity contribution < 1.29 is 13.2 Å². The summed E-state index contributed by atoms with van der Waals surface area (Å²) in [6.45, 7) is 0. The van der Waals surface area contributed by atoms with Gasteiger partial charge in [-0.15, -0.1) is 0 Å².